The molecule has 2 aromatic heterocycles. The number of hydrogen-bond acceptors (Lipinski definition) is 8. The molecule has 0 spiro atoms. The fraction of sp³-hybridized carbons (Fsp3) is 0.394. The van der Waals surface area contributed by atoms with E-state index in [-0.39, 0.29) is 53.0 Å². The number of amides is 1. The number of alkyl halides is 3. The third kappa shape index (κ3) is 10.2. The van der Waals surface area contributed by atoms with Crippen LogP contribution in [0.15, 0.2) is 58.0 Å². The second-order valence-electron chi connectivity index (χ2n) is 10.8. The summed E-state index contributed by atoms with van der Waals surface area (Å²) in [5, 5.41) is 7.02. The lowest BCUT2D eigenvalue weighted by Crippen LogP contribution is -2.35. The molecule has 0 saturated heterocycles. The standard InChI is InChI=1S/C33H41F3N6O6S/c1-9-20(3)13-27(23-15-28(31(43)40-49(45)10-2)32(44)41(19-23)11-12-46-6)30(42-21(4)14-29(39-42)33(34,35)36)38-22(5)37-24-16-25(47-7)18-26(17-24)48-8/h13-19H,9-12H2,1-8H3,(H,37,38)(H,40,43)/b20-13+,30-27-. The molecule has 12 nitrogen and oxygen atoms in total. The van der Waals surface area contributed by atoms with Crippen LogP contribution in [0.25, 0.3) is 11.4 Å². The van der Waals surface area contributed by atoms with Gasteiger partial charge in [-0.1, -0.05) is 25.5 Å². The van der Waals surface area contributed by atoms with Crippen LogP contribution in [0.2, 0.25) is 0 Å². The van der Waals surface area contributed by atoms with Gasteiger partial charge in [0, 0.05) is 66.3 Å². The summed E-state index contributed by atoms with van der Waals surface area (Å²) < 4.78 is 74.5. The van der Waals surface area contributed by atoms with Crippen LogP contribution in [0.1, 0.15) is 61.4 Å². The highest BCUT2D eigenvalue weighted by molar-refractivity contribution is 7.83. The molecule has 0 saturated carbocycles. The summed E-state index contributed by atoms with van der Waals surface area (Å²) in [5.74, 6) is 0.409. The fourth-order valence-corrected chi connectivity index (χ4v) is 4.94. The van der Waals surface area contributed by atoms with E-state index in [2.05, 4.69) is 15.1 Å². The number of pyridine rings is 1. The van der Waals surface area contributed by atoms with Crippen molar-refractivity contribution in [3.05, 3.63) is 81.0 Å². The van der Waals surface area contributed by atoms with Gasteiger partial charge in [-0.15, -0.1) is 0 Å². The fourth-order valence-electron chi connectivity index (χ4n) is 4.48. The maximum Gasteiger partial charge on any atom is 0.435 e. The molecule has 0 radical (unpaired) electrons. The van der Waals surface area contributed by atoms with Gasteiger partial charge in [0.05, 0.1) is 20.8 Å². The summed E-state index contributed by atoms with van der Waals surface area (Å²) in [7, 11) is 2.69. The predicted octanol–water partition coefficient (Wildman–Crippen LogP) is 5.66. The van der Waals surface area contributed by atoms with Crippen LogP contribution in [0.5, 0.6) is 11.5 Å². The molecule has 3 rings (SSSR count). The number of aromatic nitrogens is 3. The molecule has 1 unspecified atom stereocenters. The molecule has 0 aliphatic rings. The first-order chi connectivity index (χ1) is 23.1. The second-order valence-corrected chi connectivity index (χ2v) is 12.3. The van der Waals surface area contributed by atoms with Gasteiger partial charge in [0.1, 0.15) is 33.9 Å². The van der Waals surface area contributed by atoms with Crippen molar-refractivity contribution in [1.29, 1.82) is 0 Å². The van der Waals surface area contributed by atoms with Crippen molar-refractivity contribution in [2.75, 3.05) is 39.0 Å². The molecule has 0 aliphatic heterocycles. The van der Waals surface area contributed by atoms with Crippen molar-refractivity contribution in [3.8, 4) is 11.5 Å². The number of amidine groups is 1. The summed E-state index contributed by atoms with van der Waals surface area (Å²) in [4.78, 5) is 31.4. The molecule has 49 heavy (non-hydrogen) atoms. The zero-order valence-corrected chi connectivity index (χ0v) is 29.5. The van der Waals surface area contributed by atoms with E-state index in [0.29, 0.717) is 23.6 Å². The summed E-state index contributed by atoms with van der Waals surface area (Å²) in [5.41, 5.74) is -0.192. The quantitative estimate of drug-likeness (QED) is 0.125. The van der Waals surface area contributed by atoms with Gasteiger partial charge in [-0.25, -0.2) is 13.9 Å². The molecule has 0 fully saturated rings. The van der Waals surface area contributed by atoms with E-state index in [9.17, 15) is 27.0 Å². The van der Waals surface area contributed by atoms with Crippen LogP contribution in [-0.4, -0.2) is 64.0 Å². The van der Waals surface area contributed by atoms with E-state index in [1.165, 1.54) is 45.1 Å². The van der Waals surface area contributed by atoms with Crippen molar-refractivity contribution < 1.29 is 36.4 Å². The van der Waals surface area contributed by atoms with Crippen LogP contribution in [0.3, 0.4) is 0 Å². The molecule has 266 valence electrons. The maximum absolute atomic E-state index is 13.9. The molecule has 1 amide bonds. The topological polar surface area (TPSA) is 138 Å². The van der Waals surface area contributed by atoms with Crippen LogP contribution in [0, 0.1) is 6.92 Å². The highest BCUT2D eigenvalue weighted by atomic mass is 32.2. The normalized spacial score (nSPS) is 13.5. The van der Waals surface area contributed by atoms with Gasteiger partial charge in [0.25, 0.3) is 11.5 Å². The Morgan fingerprint density at radius 3 is 2.24 bits per heavy atom. The lowest BCUT2D eigenvalue weighted by atomic mass is 10.0. The minimum Gasteiger partial charge on any atom is -0.497 e. The second kappa shape index (κ2) is 17.1. The Kier molecular flexibility index (Phi) is 13.5. The van der Waals surface area contributed by atoms with E-state index in [4.69, 9.17) is 19.2 Å². The molecule has 2 N–H and O–H groups in total. The SMILES string of the molecule is CC/C(C)=C/C(=C(\N=C(/C)Nc1cc(OC)cc(OC)c1)n1nc(C(F)(F)F)cc1C)c1cc(C(=O)NS(=O)CC)c(=O)n(CCOC)c1. The molecular weight excluding hydrogens is 665 g/mol. The Morgan fingerprint density at radius 2 is 1.71 bits per heavy atom. The number of benzene rings is 1. The molecule has 16 heteroatoms. The Bertz CT molecular complexity index is 1820. The third-order valence-corrected chi connectivity index (χ3v) is 8.10. The first-order valence-electron chi connectivity index (χ1n) is 15.2. The number of halogens is 3. The maximum atomic E-state index is 13.9. The molecule has 1 atom stereocenters. The lowest BCUT2D eigenvalue weighted by Gasteiger charge is -2.17. The predicted molar refractivity (Wildman–Crippen MR) is 184 cm³/mol. The number of hydrogen-bond donors (Lipinski definition) is 2. The number of ether oxygens (including phenoxy) is 3. The van der Waals surface area contributed by atoms with E-state index >= 15 is 0 Å². The smallest absolute Gasteiger partial charge is 0.435 e. The molecule has 2 heterocycles. The van der Waals surface area contributed by atoms with Crippen LogP contribution in [0.4, 0.5) is 18.9 Å². The van der Waals surface area contributed by atoms with E-state index < -0.39 is 34.3 Å². The number of carbonyl (C=O) groups excluding carboxylic acids is 1. The first-order valence-corrected chi connectivity index (χ1v) is 16.5. The van der Waals surface area contributed by atoms with Gasteiger partial charge in [-0.05, 0) is 39.3 Å². The van der Waals surface area contributed by atoms with Crippen LogP contribution in [-0.2, 0) is 28.4 Å². The van der Waals surface area contributed by atoms with Gasteiger partial charge in [0.2, 0.25) is 0 Å². The van der Waals surface area contributed by atoms with Gasteiger partial charge >= 0.3 is 6.18 Å². The number of anilines is 1. The van der Waals surface area contributed by atoms with Crippen molar-refractivity contribution in [3.63, 3.8) is 0 Å². The number of allylic oxidation sites excluding steroid dienone is 3. The highest BCUT2D eigenvalue weighted by Gasteiger charge is 2.35. The number of nitrogens with one attached hydrogen (secondary N) is 2. The van der Waals surface area contributed by atoms with Gasteiger partial charge in [-0.2, -0.15) is 18.3 Å². The number of nitrogens with zero attached hydrogens (tertiary/aromatic N) is 4. The van der Waals surface area contributed by atoms with Crippen molar-refractivity contribution in [1.82, 2.24) is 19.1 Å². The van der Waals surface area contributed by atoms with Crippen molar-refractivity contribution in [2.45, 2.75) is 53.8 Å². The first kappa shape index (κ1) is 38.7. The number of aryl methyl sites for hydroxylation is 1. The molecular formula is C33H41F3N6O6S. The Balaban J connectivity index is 2.47. The average Bonchev–Trinajstić information content (AvgIpc) is 3.47. The molecule has 0 bridgehead atoms. The van der Waals surface area contributed by atoms with Gasteiger partial charge in [-0.3, -0.25) is 14.3 Å². The van der Waals surface area contributed by atoms with Crippen LogP contribution < -0.4 is 25.1 Å². The molecule has 3 aromatic rings. The highest BCUT2D eigenvalue weighted by Crippen LogP contribution is 2.33. The van der Waals surface area contributed by atoms with Gasteiger partial charge in [0.15, 0.2) is 11.5 Å². The van der Waals surface area contributed by atoms with E-state index in [0.717, 1.165) is 16.3 Å². The number of carbonyl (C=O) groups is 1. The number of rotatable bonds is 14. The molecule has 0 aliphatic carbocycles. The summed E-state index contributed by atoms with van der Waals surface area (Å²) >= 11 is 0. The van der Waals surface area contributed by atoms with Crippen molar-refractivity contribution in [2.24, 2.45) is 4.99 Å². The monoisotopic (exact) mass is 706 g/mol. The minimum absolute atomic E-state index is 0.0407. The van der Waals surface area contributed by atoms with E-state index in [1.54, 1.807) is 38.1 Å². The van der Waals surface area contributed by atoms with E-state index in [1.807, 2.05) is 13.8 Å². The Hall–Kier alpha value is -4.70. The Labute approximate surface area is 285 Å². The average molecular weight is 707 g/mol. The van der Waals surface area contributed by atoms with Crippen LogP contribution >= 0.6 is 0 Å². The summed E-state index contributed by atoms with van der Waals surface area (Å²) in [6.07, 6.45) is -1.02. The summed E-state index contributed by atoms with van der Waals surface area (Å²) in [6, 6.07) is 7.25. The van der Waals surface area contributed by atoms with Crippen molar-refractivity contribution >= 4 is 39.8 Å². The third-order valence-electron chi connectivity index (χ3n) is 7.16. The molecule has 1 aromatic carbocycles. The lowest BCUT2D eigenvalue weighted by molar-refractivity contribution is -0.141. The number of methoxy groups -OCH3 is 3. The number of aliphatic imine (C=N–C) groups is 1. The van der Waals surface area contributed by atoms with Gasteiger partial charge < -0.3 is 24.1 Å². The zero-order chi connectivity index (χ0) is 36.5. The summed E-state index contributed by atoms with van der Waals surface area (Å²) in [6.45, 7) is 8.55. The zero-order valence-electron chi connectivity index (χ0n) is 28.7. The Morgan fingerprint density at radius 1 is 1.06 bits per heavy atom. The minimum atomic E-state index is -4.75. The largest absolute Gasteiger partial charge is 0.497 e.